The molecule has 0 spiro atoms. The average Bonchev–Trinajstić information content (AvgIpc) is 2.86. The normalized spacial score (nSPS) is 14.1. The zero-order valence-electron chi connectivity index (χ0n) is 14.1. The van der Waals surface area contributed by atoms with Gasteiger partial charge in [0, 0.05) is 19.6 Å². The molecule has 0 unspecified atom stereocenters. The Morgan fingerprint density at radius 3 is 2.88 bits per heavy atom. The van der Waals surface area contributed by atoms with Gasteiger partial charge in [0.2, 0.25) is 5.88 Å². The van der Waals surface area contributed by atoms with E-state index in [1.807, 2.05) is 6.07 Å². The number of nitrogens with one attached hydrogen (secondary N) is 1. The summed E-state index contributed by atoms with van der Waals surface area (Å²) in [5.41, 5.74) is 1.42. The molecule has 0 amide bonds. The first-order valence-electron chi connectivity index (χ1n) is 7.88. The lowest BCUT2D eigenvalue weighted by atomic mass is 10.1. The topological polar surface area (TPSA) is 50.3 Å². The van der Waals surface area contributed by atoms with Crippen LogP contribution in [-0.4, -0.2) is 36.1 Å². The molecular formula is C17H23Cl2FN4O. The van der Waals surface area contributed by atoms with Crippen molar-refractivity contribution in [1.82, 2.24) is 15.3 Å². The molecule has 0 atom stereocenters. The molecule has 5 nitrogen and oxygen atoms in total. The van der Waals surface area contributed by atoms with E-state index in [-0.39, 0.29) is 37.2 Å². The Kier molecular flexibility index (Phi) is 8.89. The second kappa shape index (κ2) is 10.4. The summed E-state index contributed by atoms with van der Waals surface area (Å²) < 4.78 is 19.3. The van der Waals surface area contributed by atoms with Crippen molar-refractivity contribution >= 4 is 30.6 Å². The lowest BCUT2D eigenvalue weighted by molar-refractivity contribution is 0.291. The molecule has 1 aliphatic rings. The number of ether oxygens (including phenoxy) is 1. The van der Waals surface area contributed by atoms with Crippen LogP contribution in [0.5, 0.6) is 5.88 Å². The fourth-order valence-corrected chi connectivity index (χ4v) is 2.60. The molecule has 0 bridgehead atoms. The third-order valence-electron chi connectivity index (χ3n) is 4.02. The van der Waals surface area contributed by atoms with Gasteiger partial charge in [-0.2, -0.15) is 4.98 Å². The van der Waals surface area contributed by atoms with Gasteiger partial charge < -0.3 is 15.0 Å². The Balaban J connectivity index is 0.00000156. The van der Waals surface area contributed by atoms with Crippen LogP contribution in [0.25, 0.3) is 0 Å². The number of hydrogen-bond acceptors (Lipinski definition) is 5. The Morgan fingerprint density at radius 1 is 1.20 bits per heavy atom. The van der Waals surface area contributed by atoms with Crippen molar-refractivity contribution in [2.45, 2.75) is 20.0 Å². The zero-order valence-corrected chi connectivity index (χ0v) is 15.7. The van der Waals surface area contributed by atoms with Crippen LogP contribution in [0.1, 0.15) is 17.5 Å². The van der Waals surface area contributed by atoms with Gasteiger partial charge in [0.25, 0.3) is 0 Å². The minimum absolute atomic E-state index is 0. The van der Waals surface area contributed by atoms with E-state index >= 15 is 0 Å². The fraction of sp³-hybridized carbons (Fsp3) is 0.412. The quantitative estimate of drug-likeness (QED) is 0.871. The maximum atomic E-state index is 13.6. The van der Waals surface area contributed by atoms with E-state index in [1.54, 1.807) is 25.4 Å². The van der Waals surface area contributed by atoms with Gasteiger partial charge in [0.05, 0.1) is 12.4 Å². The highest BCUT2D eigenvalue weighted by Crippen LogP contribution is 2.18. The van der Waals surface area contributed by atoms with Crippen LogP contribution in [0.2, 0.25) is 0 Å². The van der Waals surface area contributed by atoms with Crippen LogP contribution < -0.4 is 15.0 Å². The lowest BCUT2D eigenvalue weighted by Crippen LogP contribution is -2.28. The standard InChI is InChI=1S/C17H21FN4O.2ClH/c1-13-14(4-2-5-15(13)18)12-23-17-11-20-10-16(21-17)22-8-3-6-19-7-9-22;;/h2,4-5,10-11,19H,3,6-9,12H2,1H3;2*1H. The molecule has 1 saturated heterocycles. The number of aromatic nitrogens is 2. The number of halogens is 3. The predicted octanol–water partition coefficient (Wildman–Crippen LogP) is 3.15. The van der Waals surface area contributed by atoms with E-state index in [4.69, 9.17) is 4.74 Å². The van der Waals surface area contributed by atoms with Gasteiger partial charge in [-0.3, -0.25) is 4.98 Å². The Labute approximate surface area is 159 Å². The molecule has 2 heterocycles. The van der Waals surface area contributed by atoms with Crippen LogP contribution in [0.4, 0.5) is 10.2 Å². The smallest absolute Gasteiger partial charge is 0.234 e. The van der Waals surface area contributed by atoms with Crippen molar-refractivity contribution in [3.05, 3.63) is 47.5 Å². The second-order valence-corrected chi connectivity index (χ2v) is 5.62. The molecule has 25 heavy (non-hydrogen) atoms. The van der Waals surface area contributed by atoms with Gasteiger partial charge in [0.1, 0.15) is 12.4 Å². The van der Waals surface area contributed by atoms with Gasteiger partial charge in [0.15, 0.2) is 5.82 Å². The van der Waals surface area contributed by atoms with Gasteiger partial charge in [-0.25, -0.2) is 4.39 Å². The summed E-state index contributed by atoms with van der Waals surface area (Å²) in [6, 6.07) is 5.00. The average molecular weight is 389 g/mol. The SMILES string of the molecule is Cc1c(F)cccc1COc1cncc(N2CCCNCC2)n1.Cl.Cl. The number of benzene rings is 1. The number of nitrogens with zero attached hydrogens (tertiary/aromatic N) is 3. The molecule has 1 N–H and O–H groups in total. The minimum Gasteiger partial charge on any atom is -0.472 e. The fourth-order valence-electron chi connectivity index (χ4n) is 2.60. The zero-order chi connectivity index (χ0) is 16.1. The maximum Gasteiger partial charge on any atom is 0.234 e. The van der Waals surface area contributed by atoms with E-state index in [2.05, 4.69) is 20.2 Å². The monoisotopic (exact) mass is 388 g/mol. The highest BCUT2D eigenvalue weighted by molar-refractivity contribution is 5.85. The molecule has 1 aromatic carbocycles. The first kappa shape index (κ1) is 21.4. The molecule has 1 aromatic heterocycles. The molecule has 8 heteroatoms. The van der Waals surface area contributed by atoms with Gasteiger partial charge in [-0.05, 0) is 37.1 Å². The van der Waals surface area contributed by atoms with Crippen molar-refractivity contribution < 1.29 is 9.13 Å². The van der Waals surface area contributed by atoms with Crippen molar-refractivity contribution in [1.29, 1.82) is 0 Å². The van der Waals surface area contributed by atoms with Crippen LogP contribution in [0.3, 0.4) is 0 Å². The van der Waals surface area contributed by atoms with Crippen molar-refractivity contribution in [2.75, 3.05) is 31.1 Å². The third-order valence-corrected chi connectivity index (χ3v) is 4.02. The molecular weight excluding hydrogens is 366 g/mol. The Hall–Kier alpha value is -1.63. The van der Waals surface area contributed by atoms with Crippen molar-refractivity contribution in [3.8, 4) is 5.88 Å². The van der Waals surface area contributed by atoms with Crippen molar-refractivity contribution in [2.24, 2.45) is 0 Å². The van der Waals surface area contributed by atoms with E-state index in [9.17, 15) is 4.39 Å². The van der Waals surface area contributed by atoms with E-state index < -0.39 is 0 Å². The first-order valence-corrected chi connectivity index (χ1v) is 7.88. The van der Waals surface area contributed by atoms with E-state index in [0.29, 0.717) is 11.4 Å². The van der Waals surface area contributed by atoms with Gasteiger partial charge in [-0.1, -0.05) is 12.1 Å². The molecule has 0 saturated carbocycles. The molecule has 138 valence electrons. The molecule has 2 aromatic rings. The molecule has 0 aliphatic carbocycles. The number of hydrogen-bond donors (Lipinski definition) is 1. The van der Waals surface area contributed by atoms with Crippen LogP contribution in [0, 0.1) is 12.7 Å². The highest BCUT2D eigenvalue weighted by Gasteiger charge is 2.12. The first-order chi connectivity index (χ1) is 11.2. The van der Waals surface area contributed by atoms with Crippen LogP contribution in [-0.2, 0) is 6.61 Å². The summed E-state index contributed by atoms with van der Waals surface area (Å²) in [7, 11) is 0. The predicted molar refractivity (Wildman–Crippen MR) is 102 cm³/mol. The number of rotatable bonds is 4. The van der Waals surface area contributed by atoms with E-state index in [0.717, 1.165) is 44.0 Å². The second-order valence-electron chi connectivity index (χ2n) is 5.62. The molecule has 1 fully saturated rings. The van der Waals surface area contributed by atoms with E-state index in [1.165, 1.54) is 6.07 Å². The lowest BCUT2D eigenvalue weighted by Gasteiger charge is -2.20. The largest absolute Gasteiger partial charge is 0.472 e. The summed E-state index contributed by atoms with van der Waals surface area (Å²) >= 11 is 0. The Morgan fingerprint density at radius 2 is 2.04 bits per heavy atom. The van der Waals surface area contributed by atoms with Crippen LogP contribution >= 0.6 is 24.8 Å². The summed E-state index contributed by atoms with van der Waals surface area (Å²) in [6.45, 7) is 5.85. The molecule has 3 rings (SSSR count). The minimum atomic E-state index is -0.219. The number of anilines is 1. The third kappa shape index (κ3) is 5.70. The summed E-state index contributed by atoms with van der Waals surface area (Å²) in [5, 5.41) is 3.36. The Bertz CT molecular complexity index is 667. The molecule has 0 radical (unpaired) electrons. The summed E-state index contributed by atoms with van der Waals surface area (Å²) in [6.07, 6.45) is 4.43. The van der Waals surface area contributed by atoms with Crippen LogP contribution in [0.15, 0.2) is 30.6 Å². The van der Waals surface area contributed by atoms with Crippen molar-refractivity contribution in [3.63, 3.8) is 0 Å². The maximum absolute atomic E-state index is 13.6. The highest BCUT2D eigenvalue weighted by atomic mass is 35.5. The van der Waals surface area contributed by atoms with Gasteiger partial charge in [-0.15, -0.1) is 24.8 Å². The summed E-state index contributed by atoms with van der Waals surface area (Å²) in [4.78, 5) is 10.9. The molecule has 1 aliphatic heterocycles. The van der Waals surface area contributed by atoms with Gasteiger partial charge >= 0.3 is 0 Å². The summed E-state index contributed by atoms with van der Waals surface area (Å²) in [5.74, 6) is 1.06.